The SMILES string of the molecule is COc1ccc(OC)c2c1C1CCC2C1=C(C)C. The zero-order valence-electron chi connectivity index (χ0n) is 11.5. The van der Waals surface area contributed by atoms with E-state index in [-0.39, 0.29) is 0 Å². The lowest BCUT2D eigenvalue weighted by atomic mass is 9.90. The lowest BCUT2D eigenvalue weighted by Crippen LogP contribution is -2.03. The first-order chi connectivity index (χ1) is 8.69. The van der Waals surface area contributed by atoms with Crippen molar-refractivity contribution < 1.29 is 9.47 Å². The first kappa shape index (κ1) is 11.6. The zero-order valence-corrected chi connectivity index (χ0v) is 11.5. The van der Waals surface area contributed by atoms with Crippen molar-refractivity contribution in [1.82, 2.24) is 0 Å². The Morgan fingerprint density at radius 1 is 0.944 bits per heavy atom. The number of hydrogen-bond acceptors (Lipinski definition) is 2. The highest BCUT2D eigenvalue weighted by molar-refractivity contribution is 5.64. The van der Waals surface area contributed by atoms with E-state index in [2.05, 4.69) is 13.8 Å². The van der Waals surface area contributed by atoms with E-state index in [1.165, 1.54) is 29.5 Å². The molecule has 1 saturated carbocycles. The molecule has 3 rings (SSSR count). The van der Waals surface area contributed by atoms with Crippen molar-refractivity contribution in [3.05, 3.63) is 34.4 Å². The summed E-state index contributed by atoms with van der Waals surface area (Å²) in [7, 11) is 3.52. The van der Waals surface area contributed by atoms with Gasteiger partial charge in [0.25, 0.3) is 0 Å². The van der Waals surface area contributed by atoms with Gasteiger partial charge in [0.2, 0.25) is 0 Å². The summed E-state index contributed by atoms with van der Waals surface area (Å²) in [6.07, 6.45) is 2.50. The van der Waals surface area contributed by atoms with E-state index in [4.69, 9.17) is 9.47 Å². The van der Waals surface area contributed by atoms with Gasteiger partial charge in [-0.25, -0.2) is 0 Å². The minimum atomic E-state index is 0.556. The summed E-state index contributed by atoms with van der Waals surface area (Å²) in [5.41, 5.74) is 5.82. The fraction of sp³-hybridized carbons (Fsp3) is 0.500. The second-order valence-electron chi connectivity index (χ2n) is 5.44. The zero-order chi connectivity index (χ0) is 12.9. The Morgan fingerprint density at radius 2 is 1.39 bits per heavy atom. The second-order valence-corrected chi connectivity index (χ2v) is 5.44. The van der Waals surface area contributed by atoms with Crippen molar-refractivity contribution in [3.63, 3.8) is 0 Å². The van der Waals surface area contributed by atoms with Crippen LogP contribution < -0.4 is 9.47 Å². The standard InChI is InChI=1S/C16H20O2/c1-9(2)14-10-5-6-11(14)16-13(18-4)8-7-12(17-3)15(10)16/h7-8,10-11H,5-6H2,1-4H3. The molecule has 0 amide bonds. The Hall–Kier alpha value is -1.44. The maximum absolute atomic E-state index is 5.56. The van der Waals surface area contributed by atoms with Crippen LogP contribution in [0.15, 0.2) is 23.3 Å². The van der Waals surface area contributed by atoms with Gasteiger partial charge in [0, 0.05) is 23.0 Å². The van der Waals surface area contributed by atoms with Crippen molar-refractivity contribution in [2.75, 3.05) is 14.2 Å². The summed E-state index contributed by atoms with van der Waals surface area (Å²) in [5, 5.41) is 0. The van der Waals surface area contributed by atoms with Crippen LogP contribution in [0.1, 0.15) is 49.7 Å². The minimum Gasteiger partial charge on any atom is -0.496 e. The van der Waals surface area contributed by atoms with Gasteiger partial charge in [0.15, 0.2) is 0 Å². The third kappa shape index (κ3) is 1.35. The highest BCUT2D eigenvalue weighted by Gasteiger charge is 2.45. The predicted molar refractivity (Wildman–Crippen MR) is 72.6 cm³/mol. The molecule has 1 aromatic rings. The van der Waals surface area contributed by atoms with Crippen molar-refractivity contribution in [2.45, 2.75) is 38.5 Å². The third-order valence-corrected chi connectivity index (χ3v) is 4.42. The number of ether oxygens (including phenoxy) is 2. The molecular formula is C16H20O2. The van der Waals surface area contributed by atoms with Gasteiger partial charge < -0.3 is 9.47 Å². The molecule has 2 heteroatoms. The Bertz CT molecular complexity index is 483. The van der Waals surface area contributed by atoms with Gasteiger partial charge in [-0.05, 0) is 38.8 Å². The molecule has 0 N–H and O–H groups in total. The lowest BCUT2D eigenvalue weighted by Gasteiger charge is -2.20. The van der Waals surface area contributed by atoms with Gasteiger partial charge in [-0.1, -0.05) is 11.1 Å². The first-order valence-corrected chi connectivity index (χ1v) is 6.61. The van der Waals surface area contributed by atoms with Gasteiger partial charge in [-0.3, -0.25) is 0 Å². The molecule has 18 heavy (non-hydrogen) atoms. The number of benzene rings is 1. The Balaban J connectivity index is 2.27. The molecule has 0 aromatic heterocycles. The molecule has 2 aliphatic rings. The molecule has 1 aromatic carbocycles. The van der Waals surface area contributed by atoms with Crippen molar-refractivity contribution in [1.29, 1.82) is 0 Å². The molecule has 2 aliphatic carbocycles. The average Bonchev–Trinajstić information content (AvgIpc) is 2.94. The molecule has 2 nitrogen and oxygen atoms in total. The van der Waals surface area contributed by atoms with Crippen LogP contribution in [-0.2, 0) is 0 Å². The first-order valence-electron chi connectivity index (χ1n) is 6.61. The van der Waals surface area contributed by atoms with Crippen LogP contribution in [0.3, 0.4) is 0 Å². The fourth-order valence-electron chi connectivity index (χ4n) is 3.86. The molecule has 0 spiro atoms. The summed E-state index contributed by atoms with van der Waals surface area (Å²) in [6, 6.07) is 4.09. The highest BCUT2D eigenvalue weighted by atomic mass is 16.5. The minimum absolute atomic E-state index is 0.556. The van der Waals surface area contributed by atoms with Crippen molar-refractivity contribution in [3.8, 4) is 11.5 Å². The van der Waals surface area contributed by atoms with Crippen LogP contribution in [0.5, 0.6) is 11.5 Å². The van der Waals surface area contributed by atoms with Crippen molar-refractivity contribution in [2.24, 2.45) is 0 Å². The summed E-state index contributed by atoms with van der Waals surface area (Å²) >= 11 is 0. The molecule has 0 radical (unpaired) electrons. The molecular weight excluding hydrogens is 224 g/mol. The normalized spacial score (nSPS) is 24.1. The summed E-state index contributed by atoms with van der Waals surface area (Å²) in [5.74, 6) is 3.16. The predicted octanol–water partition coefficient (Wildman–Crippen LogP) is 4.01. The Labute approximate surface area is 109 Å². The van der Waals surface area contributed by atoms with Crippen LogP contribution in [0.25, 0.3) is 0 Å². The number of methoxy groups -OCH3 is 2. The molecule has 1 fully saturated rings. The molecule has 0 aliphatic heterocycles. The average molecular weight is 244 g/mol. The molecule has 0 heterocycles. The van der Waals surface area contributed by atoms with E-state index in [0.29, 0.717) is 11.8 Å². The molecule has 2 atom stereocenters. The van der Waals surface area contributed by atoms with Crippen LogP contribution in [0.2, 0.25) is 0 Å². The van der Waals surface area contributed by atoms with Crippen LogP contribution in [0, 0.1) is 0 Å². The number of hydrogen-bond donors (Lipinski definition) is 0. The van der Waals surface area contributed by atoms with Crippen LogP contribution in [0.4, 0.5) is 0 Å². The van der Waals surface area contributed by atoms with E-state index in [9.17, 15) is 0 Å². The number of rotatable bonds is 2. The van der Waals surface area contributed by atoms with E-state index in [0.717, 1.165) is 11.5 Å². The summed E-state index contributed by atoms with van der Waals surface area (Å²) < 4.78 is 11.1. The van der Waals surface area contributed by atoms with Gasteiger partial charge >= 0.3 is 0 Å². The molecule has 96 valence electrons. The Kier molecular flexibility index (Phi) is 2.61. The number of fused-ring (bicyclic) bond motifs is 5. The van der Waals surface area contributed by atoms with Gasteiger partial charge in [0.1, 0.15) is 11.5 Å². The molecule has 0 saturated heterocycles. The van der Waals surface area contributed by atoms with E-state index in [1.807, 2.05) is 12.1 Å². The van der Waals surface area contributed by atoms with Crippen LogP contribution >= 0.6 is 0 Å². The maximum atomic E-state index is 5.56. The van der Waals surface area contributed by atoms with E-state index in [1.54, 1.807) is 19.8 Å². The van der Waals surface area contributed by atoms with Crippen LogP contribution in [-0.4, -0.2) is 14.2 Å². The van der Waals surface area contributed by atoms with Crippen molar-refractivity contribution >= 4 is 0 Å². The van der Waals surface area contributed by atoms with E-state index >= 15 is 0 Å². The maximum Gasteiger partial charge on any atom is 0.123 e. The number of allylic oxidation sites excluding steroid dienone is 2. The molecule has 2 bridgehead atoms. The largest absolute Gasteiger partial charge is 0.496 e. The van der Waals surface area contributed by atoms with Gasteiger partial charge in [-0.2, -0.15) is 0 Å². The third-order valence-electron chi connectivity index (χ3n) is 4.42. The van der Waals surface area contributed by atoms with Gasteiger partial charge in [0.05, 0.1) is 14.2 Å². The smallest absolute Gasteiger partial charge is 0.123 e. The molecule has 2 unspecified atom stereocenters. The summed E-state index contributed by atoms with van der Waals surface area (Å²) in [6.45, 7) is 4.46. The lowest BCUT2D eigenvalue weighted by molar-refractivity contribution is 0.391. The topological polar surface area (TPSA) is 18.5 Å². The second kappa shape index (κ2) is 4.04. The summed E-state index contributed by atoms with van der Waals surface area (Å²) in [4.78, 5) is 0. The monoisotopic (exact) mass is 244 g/mol. The highest BCUT2D eigenvalue weighted by Crippen LogP contribution is 2.62. The Morgan fingerprint density at radius 3 is 1.72 bits per heavy atom. The fourth-order valence-corrected chi connectivity index (χ4v) is 3.86. The van der Waals surface area contributed by atoms with E-state index < -0.39 is 0 Å². The quantitative estimate of drug-likeness (QED) is 0.732. The van der Waals surface area contributed by atoms with Gasteiger partial charge in [-0.15, -0.1) is 0 Å².